The van der Waals surface area contributed by atoms with E-state index in [2.05, 4.69) is 0 Å². The SMILES string of the molecule is C=O.Oc1ccccc1.[Na+].[OH-]. The molecular weight excluding hydrogens is 155 g/mol. The van der Waals surface area contributed by atoms with Crippen molar-refractivity contribution < 1.29 is 44.9 Å². The first-order valence-electron chi connectivity index (χ1n) is 2.42. The third-order valence-corrected chi connectivity index (χ3v) is 0.756. The zero-order valence-corrected chi connectivity index (χ0v) is 8.40. The van der Waals surface area contributed by atoms with E-state index in [-0.39, 0.29) is 35.0 Å². The van der Waals surface area contributed by atoms with E-state index in [4.69, 9.17) is 9.90 Å². The third-order valence-electron chi connectivity index (χ3n) is 0.756. The van der Waals surface area contributed by atoms with Gasteiger partial charge < -0.3 is 15.4 Å². The van der Waals surface area contributed by atoms with Crippen LogP contribution in [0.3, 0.4) is 0 Å². The molecule has 4 heteroatoms. The number of hydrogen-bond donors (Lipinski definition) is 1. The molecule has 0 unspecified atom stereocenters. The van der Waals surface area contributed by atoms with Crippen LogP contribution >= 0.6 is 0 Å². The number of benzene rings is 1. The quantitative estimate of drug-likeness (QED) is 0.452. The minimum Gasteiger partial charge on any atom is -0.870 e. The summed E-state index contributed by atoms with van der Waals surface area (Å²) in [7, 11) is 0. The average Bonchev–Trinajstić information content (AvgIpc) is 1.94. The molecule has 1 aromatic carbocycles. The molecule has 0 fully saturated rings. The molecule has 0 aromatic heterocycles. The number of carbonyl (C=O) groups excluding carboxylic acids is 1. The van der Waals surface area contributed by atoms with Crippen molar-refractivity contribution in [2.45, 2.75) is 0 Å². The molecule has 1 aromatic rings. The van der Waals surface area contributed by atoms with Crippen LogP contribution in [0.25, 0.3) is 0 Å². The number of aromatic hydroxyl groups is 1. The second-order valence-electron chi connectivity index (χ2n) is 1.34. The Bertz CT molecular complexity index is 155. The minimum atomic E-state index is 0. The fraction of sp³-hybridized carbons (Fsp3) is 0. The van der Waals surface area contributed by atoms with Gasteiger partial charge in [0.05, 0.1) is 0 Å². The number of para-hydroxylation sites is 1. The predicted octanol–water partition coefficient (Wildman–Crippen LogP) is -1.97. The van der Waals surface area contributed by atoms with Crippen LogP contribution in [0, 0.1) is 0 Å². The zero-order valence-electron chi connectivity index (χ0n) is 6.40. The van der Waals surface area contributed by atoms with Crippen LogP contribution in [0.1, 0.15) is 0 Å². The van der Waals surface area contributed by atoms with E-state index in [9.17, 15) is 0 Å². The van der Waals surface area contributed by atoms with Crippen molar-refractivity contribution in [3.63, 3.8) is 0 Å². The van der Waals surface area contributed by atoms with Crippen LogP contribution in [0.15, 0.2) is 30.3 Å². The maximum absolute atomic E-state index is 8.63. The maximum atomic E-state index is 8.63. The molecule has 0 aliphatic carbocycles. The fourth-order valence-corrected chi connectivity index (χ4v) is 0.428. The summed E-state index contributed by atoms with van der Waals surface area (Å²) in [5.41, 5.74) is 0. The Morgan fingerprint density at radius 2 is 1.45 bits per heavy atom. The molecule has 3 nitrogen and oxygen atoms in total. The summed E-state index contributed by atoms with van der Waals surface area (Å²) in [6.07, 6.45) is 0. The Balaban J connectivity index is -0.000000149. The van der Waals surface area contributed by atoms with Gasteiger partial charge in [0.25, 0.3) is 0 Å². The summed E-state index contributed by atoms with van der Waals surface area (Å²) in [4.78, 5) is 8.00. The summed E-state index contributed by atoms with van der Waals surface area (Å²) < 4.78 is 0. The topological polar surface area (TPSA) is 67.3 Å². The van der Waals surface area contributed by atoms with Gasteiger partial charge in [-0.1, -0.05) is 18.2 Å². The Kier molecular flexibility index (Phi) is 19.0. The van der Waals surface area contributed by atoms with E-state index < -0.39 is 0 Å². The van der Waals surface area contributed by atoms with E-state index in [0.717, 1.165) is 0 Å². The Morgan fingerprint density at radius 1 is 1.09 bits per heavy atom. The van der Waals surface area contributed by atoms with Crippen molar-refractivity contribution in [1.82, 2.24) is 0 Å². The molecule has 0 heterocycles. The van der Waals surface area contributed by atoms with Gasteiger partial charge in [-0.15, -0.1) is 0 Å². The molecule has 1 rings (SSSR count). The van der Waals surface area contributed by atoms with Gasteiger partial charge in [-0.3, -0.25) is 0 Å². The molecule has 0 spiro atoms. The van der Waals surface area contributed by atoms with E-state index in [1.807, 2.05) is 12.9 Å². The van der Waals surface area contributed by atoms with Crippen molar-refractivity contribution >= 4 is 6.79 Å². The molecule has 0 amide bonds. The smallest absolute Gasteiger partial charge is 0.870 e. The first-order chi connectivity index (χ1) is 4.39. The summed E-state index contributed by atoms with van der Waals surface area (Å²) >= 11 is 0. The molecule has 0 aliphatic heterocycles. The number of hydrogen-bond acceptors (Lipinski definition) is 3. The summed E-state index contributed by atoms with van der Waals surface area (Å²) in [5.74, 6) is 0.322. The second-order valence-corrected chi connectivity index (χ2v) is 1.34. The van der Waals surface area contributed by atoms with Gasteiger partial charge in [-0.25, -0.2) is 0 Å². The van der Waals surface area contributed by atoms with Crippen LogP contribution in [-0.4, -0.2) is 17.4 Å². The number of rotatable bonds is 0. The summed E-state index contributed by atoms with van der Waals surface area (Å²) in [5, 5.41) is 8.63. The van der Waals surface area contributed by atoms with Crippen molar-refractivity contribution in [2.75, 3.05) is 0 Å². The molecule has 0 bridgehead atoms. The number of phenols is 1. The van der Waals surface area contributed by atoms with Gasteiger partial charge >= 0.3 is 29.6 Å². The Morgan fingerprint density at radius 3 is 1.64 bits per heavy atom. The maximum Gasteiger partial charge on any atom is 1.00 e. The van der Waals surface area contributed by atoms with Crippen LogP contribution in [-0.2, 0) is 4.79 Å². The van der Waals surface area contributed by atoms with Gasteiger partial charge in [0.2, 0.25) is 0 Å². The zero-order chi connectivity index (χ0) is 7.11. The largest absolute Gasteiger partial charge is 1.00 e. The summed E-state index contributed by atoms with van der Waals surface area (Å²) in [6.45, 7) is 2.00. The molecule has 0 atom stereocenters. The van der Waals surface area contributed by atoms with E-state index in [0.29, 0.717) is 5.75 Å². The number of carbonyl (C=O) groups is 1. The molecule has 11 heavy (non-hydrogen) atoms. The first-order valence-corrected chi connectivity index (χ1v) is 2.42. The molecule has 0 radical (unpaired) electrons. The molecule has 0 saturated carbocycles. The monoisotopic (exact) mass is 164 g/mol. The standard InChI is InChI=1S/C6H6O.CH2O.Na.H2O/c7-6-4-2-1-3-5-6;1-2;;/h1-5,7H;1H2;;1H2/q;;+1;/p-1. The average molecular weight is 164 g/mol. The molecular formula is C7H9NaO3. The molecule has 0 saturated heterocycles. The Hall–Kier alpha value is -0.350. The van der Waals surface area contributed by atoms with Gasteiger partial charge in [-0.05, 0) is 12.1 Å². The molecule has 0 aliphatic rings. The first kappa shape index (κ1) is 16.9. The predicted molar refractivity (Wildman–Crippen MR) is 37.2 cm³/mol. The van der Waals surface area contributed by atoms with Gasteiger partial charge in [0.15, 0.2) is 0 Å². The summed E-state index contributed by atoms with van der Waals surface area (Å²) in [6, 6.07) is 8.71. The molecule has 2 N–H and O–H groups in total. The normalized spacial score (nSPS) is 5.82. The van der Waals surface area contributed by atoms with Crippen molar-refractivity contribution in [3.05, 3.63) is 30.3 Å². The van der Waals surface area contributed by atoms with Gasteiger partial charge in [-0.2, -0.15) is 0 Å². The fourth-order valence-electron chi connectivity index (χ4n) is 0.428. The van der Waals surface area contributed by atoms with E-state index in [1.165, 1.54) is 0 Å². The van der Waals surface area contributed by atoms with Crippen LogP contribution in [0.2, 0.25) is 0 Å². The Labute approximate surface area is 87.7 Å². The molecule has 56 valence electrons. The third kappa shape index (κ3) is 9.65. The van der Waals surface area contributed by atoms with Crippen molar-refractivity contribution in [2.24, 2.45) is 0 Å². The van der Waals surface area contributed by atoms with Crippen molar-refractivity contribution in [3.8, 4) is 5.75 Å². The van der Waals surface area contributed by atoms with Gasteiger partial charge in [0.1, 0.15) is 12.5 Å². The van der Waals surface area contributed by atoms with E-state index in [1.54, 1.807) is 24.3 Å². The second kappa shape index (κ2) is 12.3. The van der Waals surface area contributed by atoms with Crippen molar-refractivity contribution in [1.29, 1.82) is 0 Å². The van der Waals surface area contributed by atoms with E-state index >= 15 is 0 Å². The van der Waals surface area contributed by atoms with Crippen LogP contribution in [0.4, 0.5) is 0 Å². The number of phenolic OH excluding ortho intramolecular Hbond substituents is 1. The minimum absolute atomic E-state index is 0. The van der Waals surface area contributed by atoms with Crippen LogP contribution in [0.5, 0.6) is 5.75 Å². The van der Waals surface area contributed by atoms with Gasteiger partial charge in [0, 0.05) is 0 Å². The van der Waals surface area contributed by atoms with Crippen LogP contribution < -0.4 is 29.6 Å².